The van der Waals surface area contributed by atoms with Gasteiger partial charge < -0.3 is 24.1 Å². The first-order valence-electron chi connectivity index (χ1n) is 9.82. The molecule has 0 fully saturated rings. The smallest absolute Gasteiger partial charge is 0.241 e. The number of nitrogens with zero attached hydrogens (tertiary/aromatic N) is 1. The Morgan fingerprint density at radius 3 is 2.45 bits per heavy atom. The number of pyridine rings is 1. The molecule has 6 nitrogen and oxygen atoms in total. The summed E-state index contributed by atoms with van der Waals surface area (Å²) in [5.41, 5.74) is 5.12. The Balaban J connectivity index is 1.73. The standard InChI is InChI=1S/C23H23NO5/c1-4-23-28-21-8-16-14-5-12(11-25)13-6-19(26-2)20(27-3)7-15(13)17(14)10-24-18(16)9-22(21)29-23/h6-10,12,23,25H,4-5,11H2,1-3H3. The van der Waals surface area contributed by atoms with Crippen molar-refractivity contribution in [1.82, 2.24) is 4.98 Å². The normalized spacial score (nSPS) is 19.0. The Labute approximate surface area is 169 Å². The summed E-state index contributed by atoms with van der Waals surface area (Å²) >= 11 is 0. The fourth-order valence-electron chi connectivity index (χ4n) is 4.35. The maximum absolute atomic E-state index is 10.1. The fourth-order valence-corrected chi connectivity index (χ4v) is 4.35. The Hall–Kier alpha value is -2.99. The zero-order valence-corrected chi connectivity index (χ0v) is 16.7. The molecule has 0 spiro atoms. The van der Waals surface area contributed by atoms with Gasteiger partial charge in [0.2, 0.25) is 6.29 Å². The van der Waals surface area contributed by atoms with Crippen LogP contribution in [0.3, 0.4) is 0 Å². The molecule has 6 heteroatoms. The second kappa shape index (κ2) is 6.81. The maximum Gasteiger partial charge on any atom is 0.241 e. The van der Waals surface area contributed by atoms with Gasteiger partial charge in [-0.1, -0.05) is 6.92 Å². The third-order valence-corrected chi connectivity index (χ3v) is 5.85. The predicted molar refractivity (Wildman–Crippen MR) is 109 cm³/mol. The molecule has 0 saturated carbocycles. The number of fused-ring (bicyclic) bond motifs is 6. The van der Waals surface area contributed by atoms with Gasteiger partial charge in [0.1, 0.15) is 0 Å². The number of aliphatic hydroxyl groups excluding tert-OH is 1. The summed E-state index contributed by atoms with van der Waals surface area (Å²) in [6.07, 6.45) is 3.14. The number of rotatable bonds is 4. The minimum Gasteiger partial charge on any atom is -0.493 e. The van der Waals surface area contributed by atoms with Crippen LogP contribution in [-0.4, -0.2) is 37.2 Å². The van der Waals surface area contributed by atoms with E-state index < -0.39 is 0 Å². The molecule has 5 rings (SSSR count). The third kappa shape index (κ3) is 2.70. The lowest BCUT2D eigenvalue weighted by Crippen LogP contribution is -2.16. The summed E-state index contributed by atoms with van der Waals surface area (Å²) in [4.78, 5) is 4.70. The van der Waals surface area contributed by atoms with E-state index in [0.29, 0.717) is 17.9 Å². The molecule has 0 bridgehead atoms. The molecular weight excluding hydrogens is 370 g/mol. The highest BCUT2D eigenvalue weighted by Gasteiger charge is 2.30. The molecule has 2 aromatic carbocycles. The van der Waals surface area contributed by atoms with Crippen LogP contribution in [0.1, 0.15) is 30.4 Å². The van der Waals surface area contributed by atoms with Crippen LogP contribution in [-0.2, 0) is 6.42 Å². The summed E-state index contributed by atoms with van der Waals surface area (Å²) < 4.78 is 22.7. The van der Waals surface area contributed by atoms with E-state index in [1.165, 1.54) is 0 Å². The number of ether oxygens (including phenoxy) is 4. The SMILES string of the molecule is CCC1Oc2cc3ncc4c(c3cc2O1)CC(CO)c1cc(OC)c(OC)cc1-4. The largest absolute Gasteiger partial charge is 0.493 e. The number of methoxy groups -OCH3 is 2. The van der Waals surface area contributed by atoms with Crippen LogP contribution in [0.25, 0.3) is 22.0 Å². The van der Waals surface area contributed by atoms with Crippen LogP contribution in [0.2, 0.25) is 0 Å². The topological polar surface area (TPSA) is 70.0 Å². The molecule has 1 aliphatic carbocycles. The highest BCUT2D eigenvalue weighted by Crippen LogP contribution is 2.48. The summed E-state index contributed by atoms with van der Waals surface area (Å²) in [5.74, 6) is 2.77. The molecule has 0 radical (unpaired) electrons. The lowest BCUT2D eigenvalue weighted by molar-refractivity contribution is 0.0465. The van der Waals surface area contributed by atoms with Gasteiger partial charge in [0, 0.05) is 35.6 Å². The van der Waals surface area contributed by atoms with Crippen LogP contribution >= 0.6 is 0 Å². The second-order valence-corrected chi connectivity index (χ2v) is 7.42. The van der Waals surface area contributed by atoms with Crippen molar-refractivity contribution in [3.8, 4) is 34.1 Å². The minimum absolute atomic E-state index is 0.0308. The molecule has 2 aliphatic rings. The van der Waals surface area contributed by atoms with Crippen molar-refractivity contribution in [2.45, 2.75) is 32.0 Å². The lowest BCUT2D eigenvalue weighted by atomic mass is 9.78. The van der Waals surface area contributed by atoms with Gasteiger partial charge in [-0.05, 0) is 41.3 Å². The van der Waals surface area contributed by atoms with Gasteiger partial charge in [0.15, 0.2) is 23.0 Å². The fraction of sp³-hybridized carbons (Fsp3) is 0.348. The zero-order valence-electron chi connectivity index (χ0n) is 16.7. The Kier molecular flexibility index (Phi) is 4.24. The number of aliphatic hydroxyl groups is 1. The van der Waals surface area contributed by atoms with Gasteiger partial charge in [-0.3, -0.25) is 4.98 Å². The van der Waals surface area contributed by atoms with Crippen LogP contribution < -0.4 is 18.9 Å². The quantitative estimate of drug-likeness (QED) is 0.721. The van der Waals surface area contributed by atoms with E-state index in [4.69, 9.17) is 23.9 Å². The van der Waals surface area contributed by atoms with Crippen LogP contribution in [0.5, 0.6) is 23.0 Å². The molecule has 2 unspecified atom stereocenters. The average molecular weight is 393 g/mol. The highest BCUT2D eigenvalue weighted by atomic mass is 16.7. The first kappa shape index (κ1) is 18.1. The molecule has 1 aromatic heterocycles. The van der Waals surface area contributed by atoms with E-state index in [0.717, 1.165) is 51.1 Å². The van der Waals surface area contributed by atoms with Gasteiger partial charge in [-0.15, -0.1) is 0 Å². The molecule has 2 atom stereocenters. The first-order chi connectivity index (χ1) is 14.2. The van der Waals surface area contributed by atoms with E-state index in [1.54, 1.807) is 14.2 Å². The van der Waals surface area contributed by atoms with Crippen LogP contribution in [0.4, 0.5) is 0 Å². The summed E-state index contributed by atoms with van der Waals surface area (Å²) in [6, 6.07) is 7.90. The Bertz CT molecular complexity index is 1110. The van der Waals surface area contributed by atoms with Crippen molar-refractivity contribution >= 4 is 10.9 Å². The Morgan fingerprint density at radius 2 is 1.76 bits per heavy atom. The van der Waals surface area contributed by atoms with E-state index in [-0.39, 0.29) is 18.8 Å². The molecule has 150 valence electrons. The van der Waals surface area contributed by atoms with Crippen molar-refractivity contribution in [2.24, 2.45) is 0 Å². The van der Waals surface area contributed by atoms with Crippen molar-refractivity contribution in [3.63, 3.8) is 0 Å². The molecular formula is C23H23NO5. The molecule has 0 amide bonds. The molecule has 1 N–H and O–H groups in total. The van der Waals surface area contributed by atoms with Gasteiger partial charge in [0.05, 0.1) is 26.3 Å². The summed E-state index contributed by atoms with van der Waals surface area (Å²) in [6.45, 7) is 2.08. The van der Waals surface area contributed by atoms with Crippen molar-refractivity contribution in [3.05, 3.63) is 41.6 Å². The van der Waals surface area contributed by atoms with Gasteiger partial charge in [0.25, 0.3) is 0 Å². The number of aromatic nitrogens is 1. The Morgan fingerprint density at radius 1 is 1.03 bits per heavy atom. The number of hydrogen-bond acceptors (Lipinski definition) is 6. The van der Waals surface area contributed by atoms with Crippen LogP contribution in [0, 0.1) is 0 Å². The predicted octanol–water partition coefficient (Wildman–Crippen LogP) is 4.06. The van der Waals surface area contributed by atoms with Gasteiger partial charge in [-0.2, -0.15) is 0 Å². The van der Waals surface area contributed by atoms with Gasteiger partial charge >= 0.3 is 0 Å². The average Bonchev–Trinajstić information content (AvgIpc) is 3.17. The van der Waals surface area contributed by atoms with E-state index in [2.05, 4.69) is 0 Å². The molecule has 3 aromatic rings. The highest BCUT2D eigenvalue weighted by molar-refractivity contribution is 5.93. The lowest BCUT2D eigenvalue weighted by Gasteiger charge is -2.28. The summed E-state index contributed by atoms with van der Waals surface area (Å²) in [5, 5.41) is 11.1. The monoisotopic (exact) mass is 393 g/mol. The molecule has 2 heterocycles. The van der Waals surface area contributed by atoms with E-state index >= 15 is 0 Å². The zero-order chi connectivity index (χ0) is 20.1. The maximum atomic E-state index is 10.1. The number of hydrogen-bond donors (Lipinski definition) is 1. The third-order valence-electron chi connectivity index (χ3n) is 5.85. The van der Waals surface area contributed by atoms with Crippen molar-refractivity contribution < 1.29 is 24.1 Å². The van der Waals surface area contributed by atoms with Crippen LogP contribution in [0.15, 0.2) is 30.5 Å². The first-order valence-corrected chi connectivity index (χ1v) is 9.82. The summed E-state index contributed by atoms with van der Waals surface area (Å²) in [7, 11) is 3.25. The molecule has 0 saturated heterocycles. The van der Waals surface area contributed by atoms with Crippen molar-refractivity contribution in [2.75, 3.05) is 20.8 Å². The van der Waals surface area contributed by atoms with Gasteiger partial charge in [-0.25, -0.2) is 0 Å². The minimum atomic E-state index is -0.250. The van der Waals surface area contributed by atoms with Crippen molar-refractivity contribution in [1.29, 1.82) is 0 Å². The second-order valence-electron chi connectivity index (χ2n) is 7.42. The van der Waals surface area contributed by atoms with E-state index in [9.17, 15) is 5.11 Å². The molecule has 29 heavy (non-hydrogen) atoms. The van der Waals surface area contributed by atoms with E-state index in [1.807, 2.05) is 37.4 Å². The number of benzene rings is 2. The molecule has 1 aliphatic heterocycles.